The Kier molecular flexibility index (Phi) is 4.47. The Bertz CT molecular complexity index is 356. The molecule has 2 N–H and O–H groups in total. The molecule has 0 aliphatic carbocycles. The molecule has 1 aromatic heterocycles. The molecule has 0 radical (unpaired) electrons. The van der Waals surface area contributed by atoms with Crippen molar-refractivity contribution in [2.75, 3.05) is 19.8 Å². The minimum atomic E-state index is -0.0880. The van der Waals surface area contributed by atoms with Gasteiger partial charge in [-0.05, 0) is 6.54 Å². The van der Waals surface area contributed by atoms with Crippen LogP contribution < -0.4 is 10.6 Å². The summed E-state index contributed by atoms with van der Waals surface area (Å²) in [6.07, 6.45) is 1.74. The van der Waals surface area contributed by atoms with Crippen LogP contribution in [0.1, 0.15) is 11.9 Å². The third kappa shape index (κ3) is 3.24. The van der Waals surface area contributed by atoms with Crippen LogP contribution >= 0.6 is 11.3 Å². The van der Waals surface area contributed by atoms with Crippen LogP contribution in [0.5, 0.6) is 0 Å². The minimum absolute atomic E-state index is 0.0450. The number of hydrogen-bond acceptors (Lipinski definition) is 5. The highest BCUT2D eigenvalue weighted by Gasteiger charge is 2.33. The van der Waals surface area contributed by atoms with Crippen molar-refractivity contribution >= 4 is 17.2 Å². The maximum atomic E-state index is 12.0. The molecule has 1 aliphatic heterocycles. The van der Waals surface area contributed by atoms with Crippen molar-refractivity contribution in [3.8, 4) is 0 Å². The van der Waals surface area contributed by atoms with Crippen molar-refractivity contribution in [3.63, 3.8) is 0 Å². The molecule has 2 rings (SSSR count). The molecule has 6 heteroatoms. The van der Waals surface area contributed by atoms with Crippen molar-refractivity contribution in [2.24, 2.45) is 5.92 Å². The number of hydrogen-bond donors (Lipinski definition) is 2. The number of aromatic nitrogens is 1. The average Bonchev–Trinajstić information content (AvgIpc) is 2.97. The van der Waals surface area contributed by atoms with Gasteiger partial charge in [-0.3, -0.25) is 4.79 Å². The van der Waals surface area contributed by atoms with Crippen molar-refractivity contribution in [1.29, 1.82) is 0 Å². The van der Waals surface area contributed by atoms with E-state index >= 15 is 0 Å². The van der Waals surface area contributed by atoms with E-state index in [0.717, 1.165) is 11.6 Å². The van der Waals surface area contributed by atoms with E-state index in [1.165, 1.54) is 0 Å². The molecule has 2 atom stereocenters. The summed E-state index contributed by atoms with van der Waals surface area (Å²) in [6, 6.07) is 0.135. The minimum Gasteiger partial charge on any atom is -0.379 e. The lowest BCUT2D eigenvalue weighted by Crippen LogP contribution is -2.43. The van der Waals surface area contributed by atoms with Gasteiger partial charge in [0.2, 0.25) is 5.91 Å². The molecular formula is C11H17N3O2S. The zero-order valence-electron chi connectivity index (χ0n) is 9.81. The third-order valence-electron chi connectivity index (χ3n) is 2.78. The summed E-state index contributed by atoms with van der Waals surface area (Å²) in [5, 5.41) is 9.01. The van der Waals surface area contributed by atoms with Gasteiger partial charge in [-0.25, -0.2) is 4.98 Å². The summed E-state index contributed by atoms with van der Waals surface area (Å²) >= 11 is 1.55. The normalized spacial score (nSPS) is 23.8. The van der Waals surface area contributed by atoms with Gasteiger partial charge in [0.15, 0.2) is 0 Å². The van der Waals surface area contributed by atoms with Crippen LogP contribution in [-0.2, 0) is 16.1 Å². The number of thiazole rings is 1. The summed E-state index contributed by atoms with van der Waals surface area (Å²) in [5.74, 6) is -0.0430. The number of nitrogens with one attached hydrogen (secondary N) is 2. The molecule has 0 aromatic carbocycles. The predicted molar refractivity (Wildman–Crippen MR) is 65.7 cm³/mol. The fourth-order valence-corrected chi connectivity index (χ4v) is 2.47. The summed E-state index contributed by atoms with van der Waals surface area (Å²) in [7, 11) is 0. The van der Waals surface area contributed by atoms with Crippen molar-refractivity contribution < 1.29 is 9.53 Å². The van der Waals surface area contributed by atoms with Gasteiger partial charge in [0, 0.05) is 17.6 Å². The second-order valence-corrected chi connectivity index (χ2v) is 4.93. The van der Waals surface area contributed by atoms with Crippen molar-refractivity contribution in [2.45, 2.75) is 19.5 Å². The van der Waals surface area contributed by atoms with Crippen LogP contribution in [-0.4, -0.2) is 36.7 Å². The molecule has 1 aromatic rings. The molecule has 0 bridgehead atoms. The Morgan fingerprint density at radius 2 is 2.53 bits per heavy atom. The van der Waals surface area contributed by atoms with Gasteiger partial charge in [0.1, 0.15) is 5.01 Å². The standard InChI is InChI=1S/C11H17N3O2S/c1-2-12-9-7-16-6-8(9)11(15)14-5-10-13-3-4-17-10/h3-4,8-9,12H,2,5-7H2,1H3,(H,14,15). The summed E-state index contributed by atoms with van der Waals surface area (Å²) in [4.78, 5) is 16.1. The van der Waals surface area contributed by atoms with Crippen LogP contribution in [0.3, 0.4) is 0 Å². The monoisotopic (exact) mass is 255 g/mol. The van der Waals surface area contributed by atoms with Crippen LogP contribution in [0.4, 0.5) is 0 Å². The molecule has 94 valence electrons. The Labute approximate surface area is 105 Å². The fourth-order valence-electron chi connectivity index (χ4n) is 1.91. The Morgan fingerprint density at radius 3 is 3.24 bits per heavy atom. The summed E-state index contributed by atoms with van der Waals surface area (Å²) in [6.45, 7) is 4.50. The fraction of sp³-hybridized carbons (Fsp3) is 0.636. The van der Waals surface area contributed by atoms with Gasteiger partial charge in [0.25, 0.3) is 0 Å². The van der Waals surface area contributed by atoms with Crippen molar-refractivity contribution in [1.82, 2.24) is 15.6 Å². The molecule has 5 nitrogen and oxygen atoms in total. The SMILES string of the molecule is CCNC1COCC1C(=O)NCc1nccs1. The number of ether oxygens (including phenoxy) is 1. The molecular weight excluding hydrogens is 238 g/mol. The second-order valence-electron chi connectivity index (χ2n) is 3.95. The Balaban J connectivity index is 1.82. The van der Waals surface area contributed by atoms with E-state index in [0.29, 0.717) is 19.8 Å². The lowest BCUT2D eigenvalue weighted by molar-refractivity contribution is -0.125. The third-order valence-corrected chi connectivity index (χ3v) is 3.56. The van der Waals surface area contributed by atoms with E-state index in [1.807, 2.05) is 12.3 Å². The average molecular weight is 255 g/mol. The lowest BCUT2D eigenvalue weighted by atomic mass is 10.0. The van der Waals surface area contributed by atoms with Gasteiger partial charge < -0.3 is 15.4 Å². The van der Waals surface area contributed by atoms with Crippen molar-refractivity contribution in [3.05, 3.63) is 16.6 Å². The Hall–Kier alpha value is -0.980. The first-order valence-electron chi connectivity index (χ1n) is 5.78. The highest BCUT2D eigenvalue weighted by molar-refractivity contribution is 7.09. The predicted octanol–water partition coefficient (Wildman–Crippen LogP) is 0.384. The van der Waals surface area contributed by atoms with E-state index in [4.69, 9.17) is 4.74 Å². The van der Waals surface area contributed by atoms with Gasteiger partial charge in [-0.2, -0.15) is 0 Å². The van der Waals surface area contributed by atoms with Gasteiger partial charge in [0.05, 0.1) is 25.7 Å². The largest absolute Gasteiger partial charge is 0.379 e. The zero-order chi connectivity index (χ0) is 12.1. The topological polar surface area (TPSA) is 63.2 Å². The highest BCUT2D eigenvalue weighted by atomic mass is 32.1. The highest BCUT2D eigenvalue weighted by Crippen LogP contribution is 2.14. The zero-order valence-corrected chi connectivity index (χ0v) is 10.6. The first-order valence-corrected chi connectivity index (χ1v) is 6.66. The summed E-state index contributed by atoms with van der Waals surface area (Å²) < 4.78 is 5.34. The molecule has 2 heterocycles. The summed E-state index contributed by atoms with van der Waals surface area (Å²) in [5.41, 5.74) is 0. The number of amides is 1. The lowest BCUT2D eigenvalue weighted by Gasteiger charge is -2.17. The van der Waals surface area contributed by atoms with E-state index in [9.17, 15) is 4.79 Å². The van der Waals surface area contributed by atoms with Gasteiger partial charge in [-0.15, -0.1) is 11.3 Å². The molecule has 1 amide bonds. The maximum Gasteiger partial charge on any atom is 0.227 e. The first-order chi connectivity index (χ1) is 8.31. The number of rotatable bonds is 5. The smallest absolute Gasteiger partial charge is 0.227 e. The molecule has 2 unspecified atom stereocenters. The molecule has 17 heavy (non-hydrogen) atoms. The van der Waals surface area contributed by atoms with Gasteiger partial charge in [-0.1, -0.05) is 6.92 Å². The number of carbonyl (C=O) groups excluding carboxylic acids is 1. The van der Waals surface area contributed by atoms with Crippen LogP contribution in [0.25, 0.3) is 0 Å². The molecule has 1 aliphatic rings. The van der Waals surface area contributed by atoms with E-state index in [1.54, 1.807) is 17.5 Å². The van der Waals surface area contributed by atoms with Crippen LogP contribution in [0.15, 0.2) is 11.6 Å². The first kappa shape index (κ1) is 12.5. The molecule has 0 saturated carbocycles. The van der Waals surface area contributed by atoms with E-state index in [2.05, 4.69) is 15.6 Å². The van der Waals surface area contributed by atoms with Crippen LogP contribution in [0.2, 0.25) is 0 Å². The maximum absolute atomic E-state index is 12.0. The van der Waals surface area contributed by atoms with Gasteiger partial charge >= 0.3 is 0 Å². The van der Waals surface area contributed by atoms with E-state index < -0.39 is 0 Å². The quantitative estimate of drug-likeness (QED) is 0.798. The Morgan fingerprint density at radius 1 is 1.65 bits per heavy atom. The molecule has 0 spiro atoms. The molecule has 1 fully saturated rings. The number of carbonyl (C=O) groups is 1. The van der Waals surface area contributed by atoms with Crippen LogP contribution in [0, 0.1) is 5.92 Å². The number of likely N-dealkylation sites (N-methyl/N-ethyl adjacent to an activating group) is 1. The van der Waals surface area contributed by atoms with E-state index in [-0.39, 0.29) is 17.9 Å². The second kappa shape index (κ2) is 6.09. The molecule has 1 saturated heterocycles. The number of nitrogens with zero attached hydrogens (tertiary/aromatic N) is 1.